The topological polar surface area (TPSA) is 46.2 Å². The number of carbonyl (C=O) groups excluding carboxylic acids is 1. The molecule has 0 bridgehead atoms. The van der Waals surface area contributed by atoms with Gasteiger partial charge in [0, 0.05) is 17.7 Å². The summed E-state index contributed by atoms with van der Waals surface area (Å²) >= 11 is 0. The van der Waals surface area contributed by atoms with Crippen molar-refractivity contribution in [3.05, 3.63) is 89.1 Å². The van der Waals surface area contributed by atoms with E-state index in [1.807, 2.05) is 51.1 Å². The highest BCUT2D eigenvalue weighted by atomic mass is 32.2. The first-order valence-corrected chi connectivity index (χ1v) is 10.7. The summed E-state index contributed by atoms with van der Waals surface area (Å²) in [5, 5.41) is 0. The minimum Gasteiger partial charge on any atom is -0.311 e. The van der Waals surface area contributed by atoms with Crippen LogP contribution in [0.15, 0.2) is 72.4 Å². The van der Waals surface area contributed by atoms with Crippen molar-refractivity contribution in [3.63, 3.8) is 0 Å². The Balaban J connectivity index is 2.00. The maximum absolute atomic E-state index is 13.0. The monoisotopic (exact) mass is 393 g/mol. The first-order chi connectivity index (χ1) is 13.3. The molecule has 0 saturated heterocycles. The normalized spacial score (nSPS) is 20.0. The molecule has 2 atom stereocenters. The largest absolute Gasteiger partial charge is 0.311 e. The van der Waals surface area contributed by atoms with Crippen LogP contribution in [0.25, 0.3) is 5.57 Å². The molecule has 28 heavy (non-hydrogen) atoms. The molecule has 3 nitrogen and oxygen atoms in total. The molecule has 4 heteroatoms. The van der Waals surface area contributed by atoms with Crippen LogP contribution in [0.2, 0.25) is 0 Å². The lowest BCUT2D eigenvalue weighted by Gasteiger charge is -2.26. The van der Waals surface area contributed by atoms with Crippen LogP contribution < -0.4 is 4.72 Å². The van der Waals surface area contributed by atoms with Gasteiger partial charge in [-0.25, -0.2) is 4.21 Å². The number of nitrogens with one attached hydrogen (secondary N) is 1. The molecule has 0 spiro atoms. The fourth-order valence-electron chi connectivity index (χ4n) is 3.22. The first-order valence-electron chi connectivity index (χ1n) is 9.50. The van der Waals surface area contributed by atoms with E-state index in [0.717, 1.165) is 23.1 Å². The van der Waals surface area contributed by atoms with Crippen molar-refractivity contribution in [2.45, 2.75) is 44.8 Å². The second kappa shape index (κ2) is 8.27. The Hall–Kier alpha value is -2.46. The van der Waals surface area contributed by atoms with Gasteiger partial charge in [-0.2, -0.15) is 0 Å². The summed E-state index contributed by atoms with van der Waals surface area (Å²) in [6, 6.07) is 18.3. The lowest BCUT2D eigenvalue weighted by Crippen LogP contribution is -2.31. The third-order valence-corrected chi connectivity index (χ3v) is 6.34. The summed E-state index contributed by atoms with van der Waals surface area (Å²) in [5.74, 6) is -0.105. The number of allylic oxidation sites excluding steroid dienone is 3. The van der Waals surface area contributed by atoms with E-state index in [4.69, 9.17) is 0 Å². The fraction of sp³-hybridized carbons (Fsp3) is 0.292. The first kappa shape index (κ1) is 20.3. The molecule has 1 aliphatic carbocycles. The van der Waals surface area contributed by atoms with Crippen LogP contribution in [-0.2, 0) is 15.8 Å². The summed E-state index contributed by atoms with van der Waals surface area (Å²) < 4.78 is 15.0. The Labute approximate surface area is 170 Å². The molecule has 1 unspecified atom stereocenters. The number of ketones is 1. The van der Waals surface area contributed by atoms with Crippen LogP contribution in [-0.4, -0.2) is 14.7 Å². The number of hydrogen-bond donors (Lipinski definition) is 1. The minimum absolute atomic E-state index is 0.0333. The zero-order valence-electron chi connectivity index (χ0n) is 16.9. The molecule has 0 heterocycles. The molecule has 2 aromatic carbocycles. The van der Waals surface area contributed by atoms with Gasteiger partial charge in [0.15, 0.2) is 5.78 Å². The highest BCUT2D eigenvalue weighted by molar-refractivity contribution is 7.84. The van der Waals surface area contributed by atoms with Gasteiger partial charge < -0.3 is 4.72 Å². The second-order valence-electron chi connectivity index (χ2n) is 8.17. The molecule has 0 amide bonds. The molecule has 0 radical (unpaired) electrons. The summed E-state index contributed by atoms with van der Waals surface area (Å²) in [7, 11) is -1.27. The van der Waals surface area contributed by atoms with Gasteiger partial charge in [-0.05, 0) is 56.9 Å². The maximum atomic E-state index is 13.0. The van der Waals surface area contributed by atoms with E-state index < -0.39 is 15.7 Å². The van der Waals surface area contributed by atoms with Crippen molar-refractivity contribution in [2.24, 2.45) is 0 Å². The molecule has 0 fully saturated rings. The quantitative estimate of drug-likeness (QED) is 0.737. The lowest BCUT2D eigenvalue weighted by atomic mass is 9.77. The number of rotatable bonds is 4. The van der Waals surface area contributed by atoms with Gasteiger partial charge in [0.05, 0.1) is 4.75 Å². The Bertz CT molecular complexity index is 935. The van der Waals surface area contributed by atoms with Crippen LogP contribution in [0.1, 0.15) is 49.8 Å². The molecule has 2 aromatic rings. The molecule has 0 aromatic heterocycles. The van der Waals surface area contributed by atoms with E-state index in [2.05, 4.69) is 35.9 Å². The van der Waals surface area contributed by atoms with E-state index in [0.29, 0.717) is 5.57 Å². The number of benzene rings is 2. The molecular formula is C24H27NO2S. The number of hydrogen-bond acceptors (Lipinski definition) is 2. The van der Waals surface area contributed by atoms with Crippen molar-refractivity contribution >= 4 is 22.3 Å². The van der Waals surface area contributed by atoms with Crippen molar-refractivity contribution in [1.29, 1.82) is 0 Å². The van der Waals surface area contributed by atoms with Gasteiger partial charge in [0.1, 0.15) is 11.0 Å². The second-order valence-corrected chi connectivity index (χ2v) is 10.2. The van der Waals surface area contributed by atoms with Crippen LogP contribution in [0, 0.1) is 6.92 Å². The van der Waals surface area contributed by atoms with E-state index in [9.17, 15) is 9.00 Å². The van der Waals surface area contributed by atoms with Gasteiger partial charge in [0.25, 0.3) is 0 Å². The molecule has 146 valence electrons. The highest BCUT2D eigenvalue weighted by Crippen LogP contribution is 2.39. The third kappa shape index (κ3) is 4.68. The zero-order valence-corrected chi connectivity index (χ0v) is 17.7. The van der Waals surface area contributed by atoms with Gasteiger partial charge in [-0.1, -0.05) is 60.2 Å². The van der Waals surface area contributed by atoms with Crippen molar-refractivity contribution in [2.75, 3.05) is 0 Å². The SMILES string of the molecule is Cc1ccc([C@H]2CC(c3ccccc3)=CC(=O)/C2=C\NS(=O)C(C)(C)C)cc1. The standard InChI is InChI=1S/C24H27NO2S/c1-17-10-12-19(13-11-17)21-14-20(18-8-6-5-7-9-18)15-23(26)22(21)16-25-28(27)24(2,3)4/h5-13,15-16,21,25H,14H2,1-4H3/b22-16-/t21-,28?/m1/s1. The van der Waals surface area contributed by atoms with Crippen LogP contribution in [0.4, 0.5) is 0 Å². The lowest BCUT2D eigenvalue weighted by molar-refractivity contribution is -0.111. The number of aryl methyl sites for hydroxylation is 1. The molecule has 0 saturated carbocycles. The van der Waals surface area contributed by atoms with Gasteiger partial charge in [-0.3, -0.25) is 4.79 Å². The van der Waals surface area contributed by atoms with E-state index in [1.165, 1.54) is 5.56 Å². The number of carbonyl (C=O) groups is 1. The molecule has 3 rings (SSSR count). The Kier molecular flexibility index (Phi) is 5.99. The Morgan fingerprint density at radius 2 is 1.68 bits per heavy atom. The summed E-state index contributed by atoms with van der Waals surface area (Å²) in [4.78, 5) is 13.0. The average molecular weight is 394 g/mol. The van der Waals surface area contributed by atoms with Crippen LogP contribution in [0.3, 0.4) is 0 Å². The Morgan fingerprint density at radius 1 is 1.04 bits per heavy atom. The smallest absolute Gasteiger partial charge is 0.184 e. The van der Waals surface area contributed by atoms with Gasteiger partial charge >= 0.3 is 0 Å². The van der Waals surface area contributed by atoms with Crippen molar-refractivity contribution in [1.82, 2.24) is 4.72 Å². The van der Waals surface area contributed by atoms with Gasteiger partial charge in [-0.15, -0.1) is 0 Å². The van der Waals surface area contributed by atoms with Crippen molar-refractivity contribution < 1.29 is 9.00 Å². The predicted octanol–water partition coefficient (Wildman–Crippen LogP) is 5.07. The Morgan fingerprint density at radius 3 is 2.29 bits per heavy atom. The predicted molar refractivity (Wildman–Crippen MR) is 117 cm³/mol. The van der Waals surface area contributed by atoms with E-state index >= 15 is 0 Å². The van der Waals surface area contributed by atoms with Gasteiger partial charge in [0.2, 0.25) is 0 Å². The summed E-state index contributed by atoms with van der Waals surface area (Å²) in [6.07, 6.45) is 4.11. The molecular weight excluding hydrogens is 366 g/mol. The zero-order chi connectivity index (χ0) is 20.3. The highest BCUT2D eigenvalue weighted by Gasteiger charge is 2.29. The van der Waals surface area contributed by atoms with E-state index in [-0.39, 0.29) is 11.7 Å². The van der Waals surface area contributed by atoms with Crippen LogP contribution in [0.5, 0.6) is 0 Å². The van der Waals surface area contributed by atoms with E-state index in [1.54, 1.807) is 12.3 Å². The maximum Gasteiger partial charge on any atom is 0.184 e. The third-order valence-electron chi connectivity index (χ3n) is 4.89. The summed E-state index contributed by atoms with van der Waals surface area (Å²) in [6.45, 7) is 7.77. The average Bonchev–Trinajstić information content (AvgIpc) is 2.67. The van der Waals surface area contributed by atoms with Crippen LogP contribution >= 0.6 is 0 Å². The molecule has 0 aliphatic heterocycles. The molecule has 1 aliphatic rings. The minimum atomic E-state index is -1.27. The summed E-state index contributed by atoms with van der Waals surface area (Å²) in [5.41, 5.74) is 5.03. The van der Waals surface area contributed by atoms with Crippen molar-refractivity contribution in [3.8, 4) is 0 Å². The molecule has 1 N–H and O–H groups in total. The fourth-order valence-corrected chi connectivity index (χ4v) is 3.80.